The van der Waals surface area contributed by atoms with E-state index in [0.29, 0.717) is 16.8 Å². The van der Waals surface area contributed by atoms with Gasteiger partial charge in [0.15, 0.2) is 0 Å². The van der Waals surface area contributed by atoms with Gasteiger partial charge < -0.3 is 9.47 Å². The molecular formula is C14H14N2O3. The second-order valence-electron chi connectivity index (χ2n) is 4.55. The maximum absolute atomic E-state index is 11.8. The normalized spacial score (nSPS) is 17.4. The summed E-state index contributed by atoms with van der Waals surface area (Å²) in [6, 6.07) is 4.74. The van der Waals surface area contributed by atoms with Crippen LogP contribution in [0.15, 0.2) is 18.2 Å². The van der Waals surface area contributed by atoms with Crippen molar-refractivity contribution in [3.05, 3.63) is 29.5 Å². The zero-order chi connectivity index (χ0) is 15.9. The lowest BCUT2D eigenvalue weighted by Gasteiger charge is -2.08. The van der Waals surface area contributed by atoms with Crippen molar-refractivity contribution in [2.24, 2.45) is 0 Å². The second kappa shape index (κ2) is 4.50. The van der Waals surface area contributed by atoms with E-state index in [-0.39, 0.29) is 11.3 Å². The summed E-state index contributed by atoms with van der Waals surface area (Å²) in [7, 11) is -1.38. The van der Waals surface area contributed by atoms with Crippen LogP contribution in [0.1, 0.15) is 38.9 Å². The molecule has 0 spiro atoms. The van der Waals surface area contributed by atoms with Crippen molar-refractivity contribution in [3.8, 4) is 5.75 Å². The van der Waals surface area contributed by atoms with E-state index in [2.05, 4.69) is 14.9 Å². The predicted octanol–water partition coefficient (Wildman–Crippen LogP) is 2.30. The first-order valence-corrected chi connectivity index (χ1v) is 5.96. The van der Waals surface area contributed by atoms with Crippen molar-refractivity contribution in [1.29, 1.82) is 0 Å². The first-order valence-electron chi connectivity index (χ1n) is 7.46. The lowest BCUT2D eigenvalue weighted by atomic mass is 10.1. The van der Waals surface area contributed by atoms with Crippen LogP contribution < -0.4 is 4.74 Å². The van der Waals surface area contributed by atoms with Gasteiger partial charge in [0.2, 0.25) is 0 Å². The summed E-state index contributed by atoms with van der Waals surface area (Å²) in [5.41, 5.74) is 1.37. The number of ether oxygens (including phenoxy) is 2. The van der Waals surface area contributed by atoms with Crippen LogP contribution >= 0.6 is 0 Å². The van der Waals surface area contributed by atoms with Crippen molar-refractivity contribution >= 4 is 16.9 Å². The number of carbonyl (C=O) groups is 1. The molecule has 0 amide bonds. The molecule has 5 heteroatoms. The van der Waals surface area contributed by atoms with Crippen molar-refractivity contribution in [1.82, 2.24) is 10.2 Å². The second-order valence-corrected chi connectivity index (χ2v) is 4.55. The highest BCUT2D eigenvalue weighted by atomic mass is 16.5. The quantitative estimate of drug-likeness (QED) is 0.793. The standard InChI is InChI=1S/C14H14N2O3/c1-18-12-7-10(14(17)19-2)5-9-6-11(8-3-4-8)15-16-13(9)12/h5-8H,3-4H2,1-2H3/i1D3. The average Bonchev–Trinajstić information content (AvgIpc) is 3.28. The van der Waals surface area contributed by atoms with Gasteiger partial charge in [-0.2, -0.15) is 5.10 Å². The number of aromatic nitrogens is 2. The van der Waals surface area contributed by atoms with E-state index >= 15 is 0 Å². The molecule has 2 aromatic rings. The van der Waals surface area contributed by atoms with Crippen LogP contribution in [0, 0.1) is 0 Å². The Bertz CT molecular complexity index is 742. The molecule has 0 N–H and O–H groups in total. The zero-order valence-electron chi connectivity index (χ0n) is 13.3. The molecule has 98 valence electrons. The van der Waals surface area contributed by atoms with E-state index in [1.54, 1.807) is 6.07 Å². The molecule has 1 aromatic carbocycles. The predicted molar refractivity (Wildman–Crippen MR) is 69.4 cm³/mol. The molecule has 1 heterocycles. The molecule has 0 saturated heterocycles. The van der Waals surface area contributed by atoms with E-state index in [1.165, 1.54) is 13.2 Å². The maximum Gasteiger partial charge on any atom is 0.338 e. The Morgan fingerprint density at radius 1 is 1.37 bits per heavy atom. The van der Waals surface area contributed by atoms with Gasteiger partial charge in [0.05, 0.1) is 29.5 Å². The third-order valence-corrected chi connectivity index (χ3v) is 3.20. The highest BCUT2D eigenvalue weighted by Crippen LogP contribution is 2.40. The molecular weight excluding hydrogens is 244 g/mol. The van der Waals surface area contributed by atoms with Gasteiger partial charge in [-0.1, -0.05) is 0 Å². The van der Waals surface area contributed by atoms with E-state index in [1.807, 2.05) is 6.07 Å². The average molecular weight is 261 g/mol. The number of rotatable bonds is 3. The molecule has 0 unspecified atom stereocenters. The van der Waals surface area contributed by atoms with Gasteiger partial charge in [0, 0.05) is 11.3 Å². The van der Waals surface area contributed by atoms with Gasteiger partial charge in [0.1, 0.15) is 11.3 Å². The summed E-state index contributed by atoms with van der Waals surface area (Å²) in [6.07, 6.45) is 2.13. The fourth-order valence-corrected chi connectivity index (χ4v) is 2.03. The topological polar surface area (TPSA) is 61.3 Å². The number of benzene rings is 1. The summed E-state index contributed by atoms with van der Waals surface area (Å²) in [5.74, 6) is -0.180. The number of nitrogens with zero attached hydrogens (tertiary/aromatic N) is 2. The minimum atomic E-state index is -2.64. The van der Waals surface area contributed by atoms with Gasteiger partial charge in [0.25, 0.3) is 0 Å². The Kier molecular flexibility index (Phi) is 2.09. The van der Waals surface area contributed by atoms with Crippen molar-refractivity contribution in [2.45, 2.75) is 18.8 Å². The van der Waals surface area contributed by atoms with Crippen LogP contribution in [0.2, 0.25) is 0 Å². The van der Waals surface area contributed by atoms with Crippen LogP contribution in [-0.2, 0) is 4.74 Å². The molecule has 5 nitrogen and oxygen atoms in total. The van der Waals surface area contributed by atoms with Gasteiger partial charge in [-0.15, -0.1) is 5.10 Å². The van der Waals surface area contributed by atoms with Crippen molar-refractivity contribution < 1.29 is 18.4 Å². The molecule has 0 aliphatic heterocycles. The third kappa shape index (κ3) is 2.12. The fraction of sp³-hybridized carbons (Fsp3) is 0.357. The number of fused-ring (bicyclic) bond motifs is 1. The molecule has 0 radical (unpaired) electrons. The Hall–Kier alpha value is -2.17. The summed E-state index contributed by atoms with van der Waals surface area (Å²) >= 11 is 0. The van der Waals surface area contributed by atoms with E-state index in [9.17, 15) is 4.79 Å². The van der Waals surface area contributed by atoms with Gasteiger partial charge in [-0.3, -0.25) is 0 Å². The molecule has 1 fully saturated rings. The summed E-state index contributed by atoms with van der Waals surface area (Å²) in [5, 5.41) is 8.81. The Labute approximate surface area is 114 Å². The Morgan fingerprint density at radius 3 is 2.89 bits per heavy atom. The summed E-state index contributed by atoms with van der Waals surface area (Å²) < 4.78 is 31.3. The number of methoxy groups -OCH3 is 2. The van der Waals surface area contributed by atoms with E-state index in [0.717, 1.165) is 18.5 Å². The number of carbonyl (C=O) groups excluding carboxylic acids is 1. The number of esters is 1. The highest BCUT2D eigenvalue weighted by Gasteiger charge is 2.26. The molecule has 0 bridgehead atoms. The third-order valence-electron chi connectivity index (χ3n) is 3.20. The Morgan fingerprint density at radius 2 is 2.21 bits per heavy atom. The lowest BCUT2D eigenvalue weighted by molar-refractivity contribution is 0.0600. The van der Waals surface area contributed by atoms with Gasteiger partial charge >= 0.3 is 5.97 Å². The largest absolute Gasteiger partial charge is 0.494 e. The molecule has 19 heavy (non-hydrogen) atoms. The van der Waals surface area contributed by atoms with Crippen LogP contribution in [0.4, 0.5) is 0 Å². The molecule has 1 aliphatic rings. The summed E-state index contributed by atoms with van der Waals surface area (Å²) in [4.78, 5) is 11.8. The first-order chi connectivity index (χ1) is 10.4. The zero-order valence-corrected chi connectivity index (χ0v) is 10.3. The number of hydrogen-bond donors (Lipinski definition) is 0. The van der Waals surface area contributed by atoms with Crippen molar-refractivity contribution in [3.63, 3.8) is 0 Å². The smallest absolute Gasteiger partial charge is 0.338 e. The van der Waals surface area contributed by atoms with E-state index < -0.39 is 13.0 Å². The van der Waals surface area contributed by atoms with Crippen molar-refractivity contribution in [2.75, 3.05) is 14.1 Å². The van der Waals surface area contributed by atoms with Gasteiger partial charge in [-0.05, 0) is 31.0 Å². The molecule has 3 rings (SSSR count). The molecule has 0 atom stereocenters. The van der Waals surface area contributed by atoms with Gasteiger partial charge in [-0.25, -0.2) is 4.79 Å². The van der Waals surface area contributed by atoms with Crippen LogP contribution in [-0.4, -0.2) is 30.3 Å². The highest BCUT2D eigenvalue weighted by molar-refractivity contribution is 5.96. The monoisotopic (exact) mass is 261 g/mol. The minimum Gasteiger partial charge on any atom is -0.494 e. The summed E-state index contributed by atoms with van der Waals surface area (Å²) in [6.45, 7) is 0. The Balaban J connectivity index is 2.15. The maximum atomic E-state index is 11.8. The minimum absolute atomic E-state index is 0.00672. The molecule has 1 aromatic heterocycles. The fourth-order valence-electron chi connectivity index (χ4n) is 2.03. The van der Waals surface area contributed by atoms with Crippen LogP contribution in [0.3, 0.4) is 0 Å². The van der Waals surface area contributed by atoms with Crippen LogP contribution in [0.25, 0.3) is 10.9 Å². The molecule has 1 aliphatic carbocycles. The molecule has 1 saturated carbocycles. The SMILES string of the molecule is [2H]C([2H])([2H])Oc1cc(C(=O)OC)cc2cc(C3CC3)nnc12. The van der Waals surface area contributed by atoms with Crippen LogP contribution in [0.5, 0.6) is 5.75 Å². The lowest BCUT2D eigenvalue weighted by Crippen LogP contribution is -2.03. The number of hydrogen-bond acceptors (Lipinski definition) is 5. The van der Waals surface area contributed by atoms with E-state index in [4.69, 9.17) is 8.85 Å². The first kappa shape index (κ1) is 8.85.